The van der Waals surface area contributed by atoms with Crippen LogP contribution in [0, 0.1) is 0 Å². The first-order valence-corrected chi connectivity index (χ1v) is 5.67. The van der Waals surface area contributed by atoms with Crippen molar-refractivity contribution in [3.63, 3.8) is 0 Å². The van der Waals surface area contributed by atoms with E-state index in [4.69, 9.17) is 15.6 Å². The second kappa shape index (κ2) is 5.87. The van der Waals surface area contributed by atoms with E-state index in [1.165, 1.54) is 5.56 Å². The molecular formula is C13H21NO2. The van der Waals surface area contributed by atoms with E-state index in [-0.39, 0.29) is 18.8 Å². The summed E-state index contributed by atoms with van der Waals surface area (Å²) >= 11 is 0. The molecule has 0 saturated carbocycles. The third-order valence-corrected chi connectivity index (χ3v) is 2.60. The Labute approximate surface area is 97.2 Å². The van der Waals surface area contributed by atoms with E-state index >= 15 is 0 Å². The van der Waals surface area contributed by atoms with Gasteiger partial charge in [0.2, 0.25) is 0 Å². The van der Waals surface area contributed by atoms with Crippen LogP contribution in [0.5, 0.6) is 5.75 Å². The summed E-state index contributed by atoms with van der Waals surface area (Å²) in [6.07, 6.45) is -0.343. The van der Waals surface area contributed by atoms with E-state index in [2.05, 4.69) is 13.8 Å². The van der Waals surface area contributed by atoms with Crippen LogP contribution in [0.2, 0.25) is 0 Å². The van der Waals surface area contributed by atoms with Crippen molar-refractivity contribution >= 4 is 0 Å². The number of nitrogens with two attached hydrogens (primary N) is 1. The summed E-state index contributed by atoms with van der Waals surface area (Å²) in [5.74, 6) is 1.26. The molecule has 1 aromatic rings. The molecule has 0 fully saturated rings. The lowest BCUT2D eigenvalue weighted by Gasteiger charge is -2.20. The van der Waals surface area contributed by atoms with Crippen molar-refractivity contribution in [2.45, 2.75) is 38.8 Å². The van der Waals surface area contributed by atoms with Crippen LogP contribution in [-0.2, 0) is 0 Å². The highest BCUT2D eigenvalue weighted by Crippen LogP contribution is 2.19. The summed E-state index contributed by atoms with van der Waals surface area (Å²) in [6, 6.07) is 7.72. The van der Waals surface area contributed by atoms with Crippen molar-refractivity contribution in [2.24, 2.45) is 5.73 Å². The Morgan fingerprint density at radius 1 is 1.19 bits per heavy atom. The predicted octanol–water partition coefficient (Wildman–Crippen LogP) is 1.90. The largest absolute Gasteiger partial charge is 0.486 e. The molecule has 2 atom stereocenters. The predicted molar refractivity (Wildman–Crippen MR) is 65.7 cm³/mol. The highest BCUT2D eigenvalue weighted by Gasteiger charge is 2.14. The normalized spacial score (nSPS) is 14.9. The molecule has 1 aromatic carbocycles. The van der Waals surface area contributed by atoms with Crippen molar-refractivity contribution < 1.29 is 9.84 Å². The van der Waals surface area contributed by atoms with Crippen LogP contribution in [0.3, 0.4) is 0 Å². The third kappa shape index (κ3) is 3.51. The Kier molecular flexibility index (Phi) is 4.77. The number of hydrogen-bond acceptors (Lipinski definition) is 3. The van der Waals surface area contributed by atoms with E-state index in [1.807, 2.05) is 31.2 Å². The summed E-state index contributed by atoms with van der Waals surface area (Å²) in [6.45, 7) is 6.05. The van der Waals surface area contributed by atoms with Crippen LogP contribution < -0.4 is 10.5 Å². The molecule has 0 spiro atoms. The Morgan fingerprint density at radius 2 is 1.75 bits per heavy atom. The zero-order valence-corrected chi connectivity index (χ0v) is 10.2. The summed E-state index contributed by atoms with van der Waals surface area (Å²) in [5, 5.41) is 9.10. The highest BCUT2D eigenvalue weighted by atomic mass is 16.5. The van der Waals surface area contributed by atoms with Crippen LogP contribution in [0.4, 0.5) is 0 Å². The van der Waals surface area contributed by atoms with Gasteiger partial charge in [-0.15, -0.1) is 0 Å². The average Bonchev–Trinajstić information content (AvgIpc) is 2.26. The number of hydrogen-bond donors (Lipinski definition) is 2. The van der Waals surface area contributed by atoms with E-state index < -0.39 is 0 Å². The number of aliphatic hydroxyl groups is 1. The molecule has 2 unspecified atom stereocenters. The Bertz CT molecular complexity index is 306. The van der Waals surface area contributed by atoms with Gasteiger partial charge in [0.1, 0.15) is 11.9 Å². The Balaban J connectivity index is 2.67. The maximum Gasteiger partial charge on any atom is 0.136 e. The van der Waals surface area contributed by atoms with Crippen molar-refractivity contribution in [3.05, 3.63) is 29.8 Å². The first kappa shape index (κ1) is 13.0. The van der Waals surface area contributed by atoms with Crippen molar-refractivity contribution in [3.8, 4) is 5.75 Å². The van der Waals surface area contributed by atoms with Gasteiger partial charge in [-0.1, -0.05) is 26.0 Å². The number of benzene rings is 1. The molecule has 0 aliphatic rings. The third-order valence-electron chi connectivity index (χ3n) is 2.60. The average molecular weight is 223 g/mol. The molecule has 3 nitrogen and oxygen atoms in total. The maximum absolute atomic E-state index is 9.10. The van der Waals surface area contributed by atoms with Crippen LogP contribution in [0.1, 0.15) is 32.3 Å². The summed E-state index contributed by atoms with van der Waals surface area (Å²) in [7, 11) is 0. The molecule has 0 heterocycles. The molecule has 0 radical (unpaired) electrons. The number of ether oxygens (including phenoxy) is 1. The molecule has 3 N–H and O–H groups in total. The van der Waals surface area contributed by atoms with Crippen molar-refractivity contribution in [1.82, 2.24) is 0 Å². The topological polar surface area (TPSA) is 55.5 Å². The van der Waals surface area contributed by atoms with Gasteiger partial charge in [0.15, 0.2) is 0 Å². The number of rotatable bonds is 5. The quantitative estimate of drug-likeness (QED) is 0.801. The molecule has 0 aliphatic heterocycles. The lowest BCUT2D eigenvalue weighted by atomic mass is 10.0. The van der Waals surface area contributed by atoms with Crippen molar-refractivity contribution in [2.75, 3.05) is 6.61 Å². The zero-order chi connectivity index (χ0) is 12.1. The SMILES string of the molecule is CC(C)c1ccc(OC(CO)C(C)N)cc1. The Morgan fingerprint density at radius 3 is 2.12 bits per heavy atom. The molecule has 16 heavy (non-hydrogen) atoms. The second-order valence-corrected chi connectivity index (χ2v) is 4.42. The van der Waals surface area contributed by atoms with Crippen LogP contribution >= 0.6 is 0 Å². The monoisotopic (exact) mass is 223 g/mol. The van der Waals surface area contributed by atoms with Crippen LogP contribution in [0.25, 0.3) is 0 Å². The highest BCUT2D eigenvalue weighted by molar-refractivity contribution is 5.29. The molecule has 0 bridgehead atoms. The standard InChI is InChI=1S/C13H21NO2/c1-9(2)11-4-6-12(7-5-11)16-13(8-15)10(3)14/h4-7,9-10,13,15H,8,14H2,1-3H3. The molecule has 0 amide bonds. The molecule has 0 aromatic heterocycles. The van der Waals surface area contributed by atoms with E-state index in [0.717, 1.165) is 5.75 Å². The van der Waals surface area contributed by atoms with Gasteiger partial charge in [-0.3, -0.25) is 0 Å². The Hall–Kier alpha value is -1.06. The lowest BCUT2D eigenvalue weighted by molar-refractivity contribution is 0.0991. The first-order valence-electron chi connectivity index (χ1n) is 5.67. The van der Waals surface area contributed by atoms with Gasteiger partial charge in [0, 0.05) is 6.04 Å². The second-order valence-electron chi connectivity index (χ2n) is 4.42. The van der Waals surface area contributed by atoms with E-state index in [1.54, 1.807) is 0 Å². The number of aliphatic hydroxyl groups excluding tert-OH is 1. The van der Waals surface area contributed by atoms with Gasteiger partial charge in [0.25, 0.3) is 0 Å². The fourth-order valence-electron chi connectivity index (χ4n) is 1.42. The molecule has 90 valence electrons. The minimum absolute atomic E-state index is 0.0659. The molecule has 3 heteroatoms. The smallest absolute Gasteiger partial charge is 0.136 e. The van der Waals surface area contributed by atoms with Crippen LogP contribution in [-0.4, -0.2) is 23.9 Å². The van der Waals surface area contributed by atoms with Gasteiger partial charge >= 0.3 is 0 Å². The van der Waals surface area contributed by atoms with Gasteiger partial charge < -0.3 is 15.6 Å². The molecule has 0 aliphatic carbocycles. The summed E-state index contributed by atoms with van der Waals surface area (Å²) < 4.78 is 5.58. The fourth-order valence-corrected chi connectivity index (χ4v) is 1.42. The fraction of sp³-hybridized carbons (Fsp3) is 0.538. The van der Waals surface area contributed by atoms with Gasteiger partial charge in [-0.05, 0) is 30.5 Å². The maximum atomic E-state index is 9.10. The van der Waals surface area contributed by atoms with Crippen molar-refractivity contribution in [1.29, 1.82) is 0 Å². The minimum Gasteiger partial charge on any atom is -0.486 e. The molecular weight excluding hydrogens is 202 g/mol. The molecule has 1 rings (SSSR count). The molecule has 0 saturated heterocycles. The lowest BCUT2D eigenvalue weighted by Crippen LogP contribution is -2.39. The van der Waals surface area contributed by atoms with Gasteiger partial charge in [-0.2, -0.15) is 0 Å². The zero-order valence-electron chi connectivity index (χ0n) is 10.2. The summed E-state index contributed by atoms with van der Waals surface area (Å²) in [5.41, 5.74) is 6.96. The van der Waals surface area contributed by atoms with E-state index in [0.29, 0.717) is 5.92 Å². The van der Waals surface area contributed by atoms with Gasteiger partial charge in [-0.25, -0.2) is 0 Å². The first-order chi connectivity index (χ1) is 7.54. The summed E-state index contributed by atoms with van der Waals surface area (Å²) in [4.78, 5) is 0. The van der Waals surface area contributed by atoms with E-state index in [9.17, 15) is 0 Å². The van der Waals surface area contributed by atoms with Gasteiger partial charge in [0.05, 0.1) is 6.61 Å². The minimum atomic E-state index is -0.343. The van der Waals surface area contributed by atoms with Crippen LogP contribution in [0.15, 0.2) is 24.3 Å².